The van der Waals surface area contributed by atoms with Gasteiger partial charge < -0.3 is 5.21 Å². The number of nitrogens with zero attached hydrogens (tertiary/aromatic N) is 7. The minimum absolute atomic E-state index is 0.00337. The summed E-state index contributed by atoms with van der Waals surface area (Å²) in [5.41, 5.74) is 6.00. The van der Waals surface area contributed by atoms with Crippen LogP contribution < -0.4 is 0 Å². The highest BCUT2D eigenvalue weighted by molar-refractivity contribution is 6.03. The van der Waals surface area contributed by atoms with Crippen LogP contribution in [0.1, 0.15) is 75.3 Å². The minimum Gasteiger partial charge on any atom is -0.411 e. The Balaban J connectivity index is 0.000000205. The van der Waals surface area contributed by atoms with Crippen LogP contribution >= 0.6 is 0 Å². The van der Waals surface area contributed by atoms with Gasteiger partial charge in [0.25, 0.3) is 11.4 Å². The Morgan fingerprint density at radius 2 is 1.56 bits per heavy atom. The topological polar surface area (TPSA) is 194 Å². The van der Waals surface area contributed by atoms with Crippen molar-refractivity contribution in [3.05, 3.63) is 103 Å². The summed E-state index contributed by atoms with van der Waals surface area (Å²) in [5.74, 6) is 0.480. The van der Waals surface area contributed by atoms with Crippen molar-refractivity contribution in [3.63, 3.8) is 0 Å². The summed E-state index contributed by atoms with van der Waals surface area (Å²) in [6, 6.07) is 13.5. The fourth-order valence-electron chi connectivity index (χ4n) is 4.67. The number of nitro groups is 2. The van der Waals surface area contributed by atoms with Crippen LogP contribution in [-0.2, 0) is 17.3 Å². The predicted octanol–water partition coefficient (Wildman–Crippen LogP) is 6.58. The van der Waals surface area contributed by atoms with Gasteiger partial charge in [-0.25, -0.2) is 4.98 Å². The Morgan fingerprint density at radius 1 is 0.933 bits per heavy atom. The first-order valence-electron chi connectivity index (χ1n) is 14.2. The maximum atomic E-state index is 11.0. The highest BCUT2D eigenvalue weighted by atomic mass is 16.6. The van der Waals surface area contributed by atoms with Crippen LogP contribution in [0, 0.1) is 34.1 Å². The first-order chi connectivity index (χ1) is 21.0. The van der Waals surface area contributed by atoms with Crippen LogP contribution in [0.25, 0.3) is 17.0 Å². The van der Waals surface area contributed by atoms with Crippen molar-refractivity contribution >= 4 is 22.7 Å². The van der Waals surface area contributed by atoms with E-state index in [2.05, 4.69) is 72.1 Å². The molecule has 5 rings (SSSR count). The summed E-state index contributed by atoms with van der Waals surface area (Å²) in [6.07, 6.45) is 0.307. The molecule has 0 aliphatic rings. The molecule has 3 N–H and O–H groups in total. The number of benzene rings is 2. The number of oxime groups is 1. The molecule has 0 aliphatic heterocycles. The lowest BCUT2D eigenvalue weighted by molar-refractivity contribution is -0.385. The van der Waals surface area contributed by atoms with E-state index in [4.69, 9.17) is 0 Å². The maximum Gasteiger partial charge on any atom is 0.273 e. The molecular formula is C31H37N9O5. The fourth-order valence-corrected chi connectivity index (χ4v) is 4.67. The molecule has 45 heavy (non-hydrogen) atoms. The fraction of sp³-hybridized carbons (Fsp3) is 0.355. The summed E-state index contributed by atoms with van der Waals surface area (Å²) in [5, 5.41) is 49.5. The summed E-state index contributed by atoms with van der Waals surface area (Å²) in [6.45, 7) is 15.8. The van der Waals surface area contributed by atoms with E-state index in [0.29, 0.717) is 45.9 Å². The molecule has 0 saturated carbocycles. The van der Waals surface area contributed by atoms with Crippen molar-refractivity contribution < 1.29 is 15.1 Å². The minimum atomic E-state index is -0.443. The molecule has 2 aromatic carbocycles. The zero-order chi connectivity index (χ0) is 33.3. The van der Waals surface area contributed by atoms with Gasteiger partial charge in [0.2, 0.25) is 0 Å². The molecule has 0 saturated heterocycles. The molecule has 0 atom stereocenters. The van der Waals surface area contributed by atoms with E-state index in [9.17, 15) is 25.4 Å². The molecule has 0 aliphatic carbocycles. The highest BCUT2D eigenvalue weighted by Gasteiger charge is 2.22. The van der Waals surface area contributed by atoms with E-state index in [-0.39, 0.29) is 22.2 Å². The second-order valence-electron chi connectivity index (χ2n) is 12.8. The van der Waals surface area contributed by atoms with Gasteiger partial charge in [0.1, 0.15) is 0 Å². The van der Waals surface area contributed by atoms with Gasteiger partial charge in [-0.1, -0.05) is 71.0 Å². The molecule has 0 amide bonds. The van der Waals surface area contributed by atoms with Crippen LogP contribution in [0.5, 0.6) is 0 Å². The quantitative estimate of drug-likeness (QED) is 0.0824. The largest absolute Gasteiger partial charge is 0.411 e. The standard InChI is InChI=1S/C16H20N4O3.C15H17N5O2/c1-10-12(6-5-7-14(10)20(22)23)13(19-21)8-11-9-15(18-17-11)16(2,3)4;1-9-10(6-5-7-11(9)20(21)22)14-16-13-8-12(15(2,3)4)17-19(13)18-14/h5-7,9,21H,8H2,1-4H3,(H,17,18);5-8,17H,1-4H3/b19-13-;. The lowest BCUT2D eigenvalue weighted by atomic mass is 9.92. The summed E-state index contributed by atoms with van der Waals surface area (Å²) in [4.78, 5) is 25.7. The van der Waals surface area contributed by atoms with Gasteiger partial charge >= 0.3 is 0 Å². The van der Waals surface area contributed by atoms with E-state index < -0.39 is 9.85 Å². The second kappa shape index (κ2) is 12.3. The molecule has 14 heteroatoms. The normalized spacial score (nSPS) is 12.2. The number of H-pyrrole nitrogens is 2. The van der Waals surface area contributed by atoms with Crippen molar-refractivity contribution in [1.29, 1.82) is 0 Å². The number of fused-ring (bicyclic) bond motifs is 1. The molecule has 0 radical (unpaired) electrons. The molecule has 0 fully saturated rings. The van der Waals surface area contributed by atoms with Crippen LogP contribution in [0.2, 0.25) is 0 Å². The summed E-state index contributed by atoms with van der Waals surface area (Å²) >= 11 is 0. The zero-order valence-electron chi connectivity index (χ0n) is 26.5. The maximum absolute atomic E-state index is 11.0. The summed E-state index contributed by atoms with van der Waals surface area (Å²) in [7, 11) is 0. The molecular weight excluding hydrogens is 578 g/mol. The number of rotatable bonds is 6. The third-order valence-electron chi connectivity index (χ3n) is 7.37. The van der Waals surface area contributed by atoms with Gasteiger partial charge in [-0.15, -0.1) is 5.10 Å². The van der Waals surface area contributed by atoms with Gasteiger partial charge in [0, 0.05) is 69.1 Å². The lowest BCUT2D eigenvalue weighted by Crippen LogP contribution is -2.12. The van der Waals surface area contributed by atoms with Crippen molar-refractivity contribution in [2.24, 2.45) is 5.16 Å². The van der Waals surface area contributed by atoms with E-state index >= 15 is 0 Å². The Kier molecular flexibility index (Phi) is 8.89. The highest BCUT2D eigenvalue weighted by Crippen LogP contribution is 2.29. The smallest absolute Gasteiger partial charge is 0.273 e. The first-order valence-corrected chi connectivity index (χ1v) is 14.2. The number of hydrogen-bond acceptors (Lipinski definition) is 9. The van der Waals surface area contributed by atoms with Gasteiger partial charge in [0.15, 0.2) is 11.5 Å². The lowest BCUT2D eigenvalue weighted by Gasteiger charge is -2.14. The van der Waals surface area contributed by atoms with Gasteiger partial charge in [-0.2, -0.15) is 9.73 Å². The van der Waals surface area contributed by atoms with E-state index in [1.54, 1.807) is 42.7 Å². The Hall–Kier alpha value is -5.40. The van der Waals surface area contributed by atoms with Crippen LogP contribution in [0.4, 0.5) is 11.4 Å². The van der Waals surface area contributed by atoms with Crippen LogP contribution in [0.3, 0.4) is 0 Å². The second-order valence-corrected chi connectivity index (χ2v) is 12.8. The van der Waals surface area contributed by atoms with E-state index in [0.717, 1.165) is 17.1 Å². The molecule has 236 valence electrons. The average molecular weight is 616 g/mol. The van der Waals surface area contributed by atoms with Crippen LogP contribution in [-0.4, -0.2) is 50.8 Å². The van der Waals surface area contributed by atoms with Crippen molar-refractivity contribution in [1.82, 2.24) is 30.0 Å². The van der Waals surface area contributed by atoms with E-state index in [1.807, 2.05) is 12.1 Å². The number of hydrogen-bond donors (Lipinski definition) is 3. The third kappa shape index (κ3) is 7.06. The van der Waals surface area contributed by atoms with E-state index in [1.165, 1.54) is 12.1 Å². The van der Waals surface area contributed by atoms with Gasteiger partial charge in [-0.3, -0.25) is 30.4 Å². The SMILES string of the molecule is Cc1c(-c2nc3cc(C(C)(C)C)[nH]n3n2)cccc1[N+](=O)[O-].Cc1c(/C(Cc2cc(C(C)(C)C)n[nH]2)=N\O)cccc1[N+](=O)[O-]. The third-order valence-corrected chi connectivity index (χ3v) is 7.37. The van der Waals surface area contributed by atoms with Crippen molar-refractivity contribution in [2.45, 2.75) is 72.6 Å². The van der Waals surface area contributed by atoms with Crippen LogP contribution in [0.15, 0.2) is 53.7 Å². The Morgan fingerprint density at radius 3 is 2.09 bits per heavy atom. The average Bonchev–Trinajstić information content (AvgIpc) is 3.67. The van der Waals surface area contributed by atoms with Crippen molar-refractivity contribution in [2.75, 3.05) is 0 Å². The molecule has 0 spiro atoms. The summed E-state index contributed by atoms with van der Waals surface area (Å²) < 4.78 is 1.61. The molecule has 0 bridgehead atoms. The van der Waals surface area contributed by atoms with Gasteiger partial charge in [0.05, 0.1) is 21.3 Å². The Labute approximate surface area is 259 Å². The zero-order valence-corrected chi connectivity index (χ0v) is 26.5. The Bertz CT molecular complexity index is 1870. The molecule has 3 heterocycles. The monoisotopic (exact) mass is 615 g/mol. The predicted molar refractivity (Wildman–Crippen MR) is 170 cm³/mol. The molecule has 14 nitrogen and oxygen atoms in total. The number of aromatic nitrogens is 6. The molecule has 5 aromatic rings. The molecule has 0 unspecified atom stereocenters. The number of nitrogens with one attached hydrogen (secondary N) is 2. The van der Waals surface area contributed by atoms with Gasteiger partial charge in [-0.05, 0) is 19.9 Å². The first kappa shape index (κ1) is 32.5. The van der Waals surface area contributed by atoms with Crippen molar-refractivity contribution in [3.8, 4) is 11.4 Å². The molecule has 3 aromatic heterocycles. The number of aromatic amines is 2. The number of nitro benzene ring substituents is 2.